The fourth-order valence-corrected chi connectivity index (χ4v) is 4.31. The van der Waals surface area contributed by atoms with Gasteiger partial charge < -0.3 is 24.5 Å². The highest BCUT2D eigenvalue weighted by Crippen LogP contribution is 2.44. The van der Waals surface area contributed by atoms with E-state index in [1.165, 1.54) is 5.56 Å². The van der Waals surface area contributed by atoms with Gasteiger partial charge in [0.15, 0.2) is 0 Å². The van der Waals surface area contributed by atoms with E-state index in [0.29, 0.717) is 0 Å². The number of carboxylic acids is 1. The Balaban J connectivity index is 0.000000364. The molecule has 2 aromatic heterocycles. The number of para-hydroxylation sites is 1. The van der Waals surface area contributed by atoms with E-state index in [4.69, 9.17) is 19.1 Å². The number of rotatable bonds is 4. The fourth-order valence-electron chi connectivity index (χ4n) is 4.31. The van der Waals surface area contributed by atoms with E-state index < -0.39 is 12.1 Å². The average Bonchev–Trinajstić information content (AvgIpc) is 3.37. The van der Waals surface area contributed by atoms with Gasteiger partial charge in [-0.1, -0.05) is 18.2 Å². The summed E-state index contributed by atoms with van der Waals surface area (Å²) in [4.78, 5) is 19.9. The van der Waals surface area contributed by atoms with Gasteiger partial charge in [-0.25, -0.2) is 14.8 Å². The summed E-state index contributed by atoms with van der Waals surface area (Å²) in [7, 11) is 0. The molecule has 0 amide bonds. The first-order valence-electron chi connectivity index (χ1n) is 11.1. The van der Waals surface area contributed by atoms with Crippen molar-refractivity contribution < 1.29 is 32.2 Å². The zero-order chi connectivity index (χ0) is 24.9. The van der Waals surface area contributed by atoms with E-state index in [9.17, 15) is 13.2 Å². The van der Waals surface area contributed by atoms with Gasteiger partial charge >= 0.3 is 12.1 Å². The summed E-state index contributed by atoms with van der Waals surface area (Å²) in [6, 6.07) is 12.5. The first-order valence-corrected chi connectivity index (χ1v) is 11.1. The maximum absolute atomic E-state index is 10.6. The summed E-state index contributed by atoms with van der Waals surface area (Å²) < 4.78 is 43.5. The van der Waals surface area contributed by atoms with Crippen molar-refractivity contribution in [3.8, 4) is 5.75 Å². The number of halogens is 3. The molecule has 2 aliphatic rings. The lowest BCUT2D eigenvalue weighted by molar-refractivity contribution is -0.192. The molecule has 0 bridgehead atoms. The Labute approximate surface area is 199 Å². The van der Waals surface area contributed by atoms with E-state index in [1.54, 1.807) is 24.9 Å². The third kappa shape index (κ3) is 6.10. The van der Waals surface area contributed by atoms with Gasteiger partial charge in [-0.3, -0.25) is 0 Å². The van der Waals surface area contributed by atoms with Crippen LogP contribution in [0.2, 0.25) is 0 Å². The van der Waals surface area contributed by atoms with Gasteiger partial charge in [0.1, 0.15) is 11.4 Å². The number of carboxylic acid groups (broad SMARTS) is 1. The number of furan rings is 1. The Bertz CT molecular complexity index is 1100. The van der Waals surface area contributed by atoms with Crippen LogP contribution in [-0.2, 0) is 11.3 Å². The Morgan fingerprint density at radius 2 is 1.83 bits per heavy atom. The second kappa shape index (κ2) is 10.3. The summed E-state index contributed by atoms with van der Waals surface area (Å²) >= 11 is 0. The predicted octanol–water partition coefficient (Wildman–Crippen LogP) is 4.36. The third-order valence-corrected chi connectivity index (χ3v) is 6.08. The standard InChI is InChI=1S/C22H24N4O2.C2HF3O2/c1-2-5-20-18(4-1)19(25-15-17-6-13-27-16-17)14-22(28-20)7-11-26(12-8-22)21-23-9-3-10-24-21;3-2(4,5)1(6)7/h1-6,9-10,13,16,19,25H,7-8,11-12,14-15H2;(H,6,7). The second-order valence-electron chi connectivity index (χ2n) is 8.43. The normalized spacial score (nSPS) is 18.7. The summed E-state index contributed by atoms with van der Waals surface area (Å²) in [5, 5.41) is 10.8. The highest BCUT2D eigenvalue weighted by atomic mass is 19.4. The molecule has 8 nitrogen and oxygen atoms in total. The number of aromatic nitrogens is 2. The van der Waals surface area contributed by atoms with Gasteiger partial charge in [0.25, 0.3) is 0 Å². The molecular formula is C24H25F3N4O4. The molecule has 0 radical (unpaired) electrons. The van der Waals surface area contributed by atoms with E-state index in [-0.39, 0.29) is 11.6 Å². The van der Waals surface area contributed by atoms with Crippen molar-refractivity contribution >= 4 is 11.9 Å². The highest BCUT2D eigenvalue weighted by Gasteiger charge is 2.43. The molecule has 0 saturated carbocycles. The summed E-state index contributed by atoms with van der Waals surface area (Å²) in [5.74, 6) is -0.946. The lowest BCUT2D eigenvalue weighted by Crippen LogP contribution is -2.52. The van der Waals surface area contributed by atoms with Crippen LogP contribution in [-0.4, -0.2) is 45.9 Å². The van der Waals surface area contributed by atoms with Gasteiger partial charge in [0.2, 0.25) is 5.95 Å². The number of piperidine rings is 1. The van der Waals surface area contributed by atoms with Crippen molar-refractivity contribution in [2.45, 2.75) is 43.6 Å². The maximum atomic E-state index is 10.6. The number of nitrogens with zero attached hydrogens (tertiary/aromatic N) is 3. The smallest absolute Gasteiger partial charge is 0.487 e. The SMILES string of the molecule is O=C(O)C(F)(F)F.c1cnc(N2CCC3(CC2)CC(NCc2ccoc2)c2ccccc2O3)nc1. The Kier molecular flexibility index (Phi) is 7.25. The van der Waals surface area contributed by atoms with Gasteiger partial charge in [0, 0.05) is 68.5 Å². The van der Waals surface area contributed by atoms with Gasteiger partial charge in [0.05, 0.1) is 12.5 Å². The number of carbonyl (C=O) groups is 1. The average molecular weight is 490 g/mol. The molecule has 35 heavy (non-hydrogen) atoms. The van der Waals surface area contributed by atoms with Crippen molar-refractivity contribution in [1.82, 2.24) is 15.3 Å². The number of ether oxygens (including phenoxy) is 1. The summed E-state index contributed by atoms with van der Waals surface area (Å²) in [6.07, 6.45) is 4.92. The number of anilines is 1. The zero-order valence-electron chi connectivity index (χ0n) is 18.7. The molecule has 1 spiro atoms. The van der Waals surface area contributed by atoms with Crippen LogP contribution >= 0.6 is 0 Å². The van der Waals surface area contributed by atoms with Crippen molar-refractivity contribution in [2.24, 2.45) is 0 Å². The first-order chi connectivity index (χ1) is 16.8. The monoisotopic (exact) mass is 490 g/mol. The molecule has 2 N–H and O–H groups in total. The van der Waals surface area contributed by atoms with Gasteiger partial charge in [-0.2, -0.15) is 13.2 Å². The van der Waals surface area contributed by atoms with Gasteiger partial charge in [-0.05, 0) is 18.2 Å². The number of fused-ring (bicyclic) bond motifs is 1. The van der Waals surface area contributed by atoms with Crippen molar-refractivity contribution in [1.29, 1.82) is 0 Å². The Morgan fingerprint density at radius 1 is 1.14 bits per heavy atom. The summed E-state index contributed by atoms with van der Waals surface area (Å²) in [6.45, 7) is 2.59. The molecule has 1 aromatic carbocycles. The first kappa shape index (κ1) is 24.5. The van der Waals surface area contributed by atoms with Crippen LogP contribution in [0.25, 0.3) is 0 Å². The summed E-state index contributed by atoms with van der Waals surface area (Å²) in [5.41, 5.74) is 2.26. The Hall–Kier alpha value is -3.60. The van der Waals surface area contributed by atoms with Crippen LogP contribution in [0.15, 0.2) is 65.7 Å². The minimum atomic E-state index is -5.08. The highest BCUT2D eigenvalue weighted by molar-refractivity contribution is 5.73. The Morgan fingerprint density at radius 3 is 2.46 bits per heavy atom. The minimum Gasteiger partial charge on any atom is -0.487 e. The largest absolute Gasteiger partial charge is 0.490 e. The van der Waals surface area contributed by atoms with Crippen molar-refractivity contribution in [3.63, 3.8) is 0 Å². The zero-order valence-corrected chi connectivity index (χ0v) is 18.7. The van der Waals surface area contributed by atoms with E-state index in [0.717, 1.165) is 56.2 Å². The molecule has 11 heteroatoms. The number of hydrogen-bond acceptors (Lipinski definition) is 7. The van der Waals surface area contributed by atoms with Crippen LogP contribution in [0.1, 0.15) is 36.4 Å². The number of alkyl halides is 3. The maximum Gasteiger partial charge on any atom is 0.490 e. The molecule has 3 aromatic rings. The van der Waals surface area contributed by atoms with Crippen LogP contribution in [0.3, 0.4) is 0 Å². The molecule has 186 valence electrons. The van der Waals surface area contributed by atoms with Crippen LogP contribution in [0.4, 0.5) is 19.1 Å². The number of nitrogens with one attached hydrogen (secondary N) is 1. The van der Waals surface area contributed by atoms with Crippen molar-refractivity contribution in [3.05, 3.63) is 72.4 Å². The molecule has 0 aliphatic carbocycles. The predicted molar refractivity (Wildman–Crippen MR) is 120 cm³/mol. The lowest BCUT2D eigenvalue weighted by Gasteiger charge is -2.47. The van der Waals surface area contributed by atoms with Crippen molar-refractivity contribution in [2.75, 3.05) is 18.0 Å². The molecule has 1 atom stereocenters. The lowest BCUT2D eigenvalue weighted by atomic mass is 9.80. The number of hydrogen-bond donors (Lipinski definition) is 2. The van der Waals surface area contributed by atoms with E-state index in [2.05, 4.69) is 44.5 Å². The number of aliphatic carboxylic acids is 1. The second-order valence-corrected chi connectivity index (χ2v) is 8.43. The van der Waals surface area contributed by atoms with Crippen LogP contribution in [0.5, 0.6) is 5.75 Å². The molecule has 2 aliphatic heterocycles. The topological polar surface area (TPSA) is 101 Å². The molecule has 5 rings (SSSR count). The molecule has 4 heterocycles. The molecular weight excluding hydrogens is 465 g/mol. The molecule has 1 saturated heterocycles. The third-order valence-electron chi connectivity index (χ3n) is 6.08. The fraction of sp³-hybridized carbons (Fsp3) is 0.375. The van der Waals surface area contributed by atoms with Gasteiger partial charge in [-0.15, -0.1) is 0 Å². The quantitative estimate of drug-likeness (QED) is 0.557. The molecule has 1 unspecified atom stereocenters. The van der Waals surface area contributed by atoms with E-state index in [1.807, 2.05) is 12.1 Å². The van der Waals surface area contributed by atoms with E-state index >= 15 is 0 Å². The minimum absolute atomic E-state index is 0.145. The molecule has 1 fully saturated rings. The number of benzene rings is 1. The van der Waals surface area contributed by atoms with Crippen LogP contribution in [0, 0.1) is 0 Å². The van der Waals surface area contributed by atoms with Crippen LogP contribution < -0.4 is 15.0 Å².